The summed E-state index contributed by atoms with van der Waals surface area (Å²) in [6, 6.07) is 8.12. The molecule has 2 aromatic rings. The van der Waals surface area contributed by atoms with Crippen LogP contribution in [0.5, 0.6) is 5.75 Å². The van der Waals surface area contributed by atoms with E-state index in [9.17, 15) is 18.0 Å². The number of hydroxylamine groups is 2. The van der Waals surface area contributed by atoms with Gasteiger partial charge in [-0.2, -0.15) is 13.2 Å². The number of benzene rings is 1. The first-order valence-electron chi connectivity index (χ1n) is 11.1. The highest BCUT2D eigenvalue weighted by Gasteiger charge is 2.30. The van der Waals surface area contributed by atoms with E-state index in [1.807, 2.05) is 6.92 Å². The summed E-state index contributed by atoms with van der Waals surface area (Å²) < 4.78 is 43.8. The van der Waals surface area contributed by atoms with Crippen molar-refractivity contribution in [2.75, 3.05) is 63.7 Å². The van der Waals surface area contributed by atoms with Crippen LogP contribution in [0.15, 0.2) is 30.3 Å². The number of amides is 1. The maximum Gasteiger partial charge on any atom is 0.422 e. The molecule has 0 bridgehead atoms. The molecule has 0 aliphatic carbocycles. The van der Waals surface area contributed by atoms with Gasteiger partial charge in [-0.05, 0) is 18.6 Å². The molecular formula is C23H30F3N5O3. The van der Waals surface area contributed by atoms with Crippen molar-refractivity contribution >= 4 is 17.5 Å². The zero-order valence-electron chi connectivity index (χ0n) is 19.5. The lowest BCUT2D eigenvalue weighted by molar-refractivity contribution is -0.153. The van der Waals surface area contributed by atoms with Gasteiger partial charge in [-0.1, -0.05) is 25.1 Å². The molecule has 0 saturated carbocycles. The third-order valence-corrected chi connectivity index (χ3v) is 5.32. The van der Waals surface area contributed by atoms with Gasteiger partial charge in [0.25, 0.3) is 5.91 Å². The number of carbonyl (C=O) groups excluding carboxylic acids is 1. The lowest BCUT2D eigenvalue weighted by Gasteiger charge is -2.31. The number of hydrogen-bond acceptors (Lipinski definition) is 7. The van der Waals surface area contributed by atoms with E-state index < -0.39 is 18.7 Å². The van der Waals surface area contributed by atoms with Crippen molar-refractivity contribution in [1.29, 1.82) is 0 Å². The fourth-order valence-electron chi connectivity index (χ4n) is 3.59. The van der Waals surface area contributed by atoms with Crippen LogP contribution >= 0.6 is 0 Å². The quantitative estimate of drug-likeness (QED) is 0.531. The van der Waals surface area contributed by atoms with Crippen molar-refractivity contribution in [3.05, 3.63) is 35.9 Å². The Kier molecular flexibility index (Phi) is 8.56. The maximum atomic E-state index is 13.1. The molecule has 34 heavy (non-hydrogen) atoms. The van der Waals surface area contributed by atoms with Gasteiger partial charge in [0.15, 0.2) is 6.61 Å². The third kappa shape index (κ3) is 6.29. The normalized spacial score (nSPS) is 14.1. The van der Waals surface area contributed by atoms with E-state index in [0.29, 0.717) is 42.4 Å². The lowest BCUT2D eigenvalue weighted by Crippen LogP contribution is -2.44. The van der Waals surface area contributed by atoms with Crippen molar-refractivity contribution in [3.63, 3.8) is 0 Å². The standard InChI is InChI=1S/C23H30F3N5O3/c1-4-9-28-20-18(22(32)30(2)33-3)14-17(21(29-20)31-12-10-27-11-13-31)16-7-5-6-8-19(16)34-15-23(24,25)26/h5-8,14,27H,4,9-13,15H2,1-3H3,(H,28,29). The number of nitrogens with zero attached hydrogens (tertiary/aromatic N) is 3. The summed E-state index contributed by atoms with van der Waals surface area (Å²) >= 11 is 0. The van der Waals surface area contributed by atoms with Gasteiger partial charge in [-0.3, -0.25) is 9.63 Å². The van der Waals surface area contributed by atoms with Crippen LogP contribution in [0.3, 0.4) is 0 Å². The van der Waals surface area contributed by atoms with Crippen molar-refractivity contribution in [2.45, 2.75) is 19.5 Å². The molecule has 1 saturated heterocycles. The number of ether oxygens (including phenoxy) is 1. The van der Waals surface area contributed by atoms with Crippen LogP contribution in [0.4, 0.5) is 24.8 Å². The van der Waals surface area contributed by atoms with Crippen LogP contribution in [-0.2, 0) is 4.84 Å². The zero-order valence-corrected chi connectivity index (χ0v) is 19.5. The summed E-state index contributed by atoms with van der Waals surface area (Å²) in [7, 11) is 2.86. The Balaban J connectivity index is 2.18. The number of rotatable bonds is 9. The van der Waals surface area contributed by atoms with Gasteiger partial charge < -0.3 is 20.3 Å². The van der Waals surface area contributed by atoms with Gasteiger partial charge in [0.05, 0.1) is 12.7 Å². The Morgan fingerprint density at radius 3 is 2.59 bits per heavy atom. The van der Waals surface area contributed by atoms with E-state index in [4.69, 9.17) is 14.6 Å². The lowest BCUT2D eigenvalue weighted by atomic mass is 10.0. The number of anilines is 2. The fraction of sp³-hybridized carbons (Fsp3) is 0.478. The van der Waals surface area contributed by atoms with E-state index in [2.05, 4.69) is 15.5 Å². The van der Waals surface area contributed by atoms with Gasteiger partial charge in [-0.15, -0.1) is 0 Å². The summed E-state index contributed by atoms with van der Waals surface area (Å²) in [5.41, 5.74) is 1.18. The molecule has 0 unspecified atom stereocenters. The average molecular weight is 482 g/mol. The second-order valence-corrected chi connectivity index (χ2v) is 7.80. The van der Waals surface area contributed by atoms with E-state index in [1.165, 1.54) is 20.2 Å². The molecule has 0 spiro atoms. The van der Waals surface area contributed by atoms with Gasteiger partial charge in [0, 0.05) is 50.9 Å². The molecule has 3 rings (SSSR count). The molecule has 1 aromatic carbocycles. The molecule has 1 aliphatic heterocycles. The Hall–Kier alpha value is -3.05. The molecule has 1 amide bonds. The van der Waals surface area contributed by atoms with E-state index in [1.54, 1.807) is 24.3 Å². The zero-order chi connectivity index (χ0) is 24.7. The second kappa shape index (κ2) is 11.4. The monoisotopic (exact) mass is 481 g/mol. The average Bonchev–Trinajstić information content (AvgIpc) is 2.85. The minimum atomic E-state index is -4.48. The second-order valence-electron chi connectivity index (χ2n) is 7.80. The smallest absolute Gasteiger partial charge is 0.422 e. The van der Waals surface area contributed by atoms with Crippen LogP contribution in [0.2, 0.25) is 0 Å². The van der Waals surface area contributed by atoms with Gasteiger partial charge in [0.2, 0.25) is 0 Å². The molecular weight excluding hydrogens is 451 g/mol. The minimum absolute atomic E-state index is 0.0609. The molecule has 2 heterocycles. The highest BCUT2D eigenvalue weighted by atomic mass is 19.4. The largest absolute Gasteiger partial charge is 0.483 e. The predicted octanol–water partition coefficient (Wildman–Crippen LogP) is 3.55. The molecule has 186 valence electrons. The van der Waals surface area contributed by atoms with Crippen LogP contribution < -0.4 is 20.3 Å². The maximum absolute atomic E-state index is 13.1. The summed E-state index contributed by atoms with van der Waals surface area (Å²) in [5, 5.41) is 7.56. The number of aromatic nitrogens is 1. The summed E-state index contributed by atoms with van der Waals surface area (Å²) in [6.45, 7) is 3.95. The minimum Gasteiger partial charge on any atom is -0.483 e. The van der Waals surface area contributed by atoms with Crippen LogP contribution in [0, 0.1) is 0 Å². The van der Waals surface area contributed by atoms with Crippen molar-refractivity contribution in [3.8, 4) is 16.9 Å². The molecule has 1 aromatic heterocycles. The predicted molar refractivity (Wildman–Crippen MR) is 124 cm³/mol. The number of alkyl halides is 3. The van der Waals surface area contributed by atoms with Gasteiger partial charge >= 0.3 is 6.18 Å². The third-order valence-electron chi connectivity index (χ3n) is 5.32. The number of piperazine rings is 1. The van der Waals surface area contributed by atoms with E-state index in [0.717, 1.165) is 24.6 Å². The van der Waals surface area contributed by atoms with Crippen LogP contribution in [-0.4, -0.2) is 75.6 Å². The summed E-state index contributed by atoms with van der Waals surface area (Å²) in [4.78, 5) is 25.0. The number of hydrogen-bond donors (Lipinski definition) is 2. The SMILES string of the molecule is CCCNc1nc(N2CCNCC2)c(-c2ccccc2OCC(F)(F)F)cc1C(=O)N(C)OC. The number of carbonyl (C=O) groups is 1. The summed E-state index contributed by atoms with van der Waals surface area (Å²) in [5.74, 6) is 0.586. The Labute approximate surface area is 197 Å². The molecule has 1 fully saturated rings. The number of nitrogens with one attached hydrogen (secondary N) is 2. The molecule has 11 heteroatoms. The first kappa shape index (κ1) is 25.6. The molecule has 0 atom stereocenters. The first-order valence-corrected chi connectivity index (χ1v) is 11.1. The summed E-state index contributed by atoms with van der Waals surface area (Å²) in [6.07, 6.45) is -3.67. The van der Waals surface area contributed by atoms with Crippen LogP contribution in [0.1, 0.15) is 23.7 Å². The molecule has 2 N–H and O–H groups in total. The van der Waals surface area contributed by atoms with Crippen molar-refractivity contribution in [1.82, 2.24) is 15.4 Å². The Morgan fingerprint density at radius 1 is 1.24 bits per heavy atom. The van der Waals surface area contributed by atoms with Gasteiger partial charge in [-0.25, -0.2) is 10.0 Å². The Morgan fingerprint density at radius 2 is 1.94 bits per heavy atom. The number of halogens is 3. The number of para-hydroxylation sites is 1. The van der Waals surface area contributed by atoms with Gasteiger partial charge in [0.1, 0.15) is 17.4 Å². The molecule has 0 radical (unpaired) electrons. The van der Waals surface area contributed by atoms with Crippen LogP contribution in [0.25, 0.3) is 11.1 Å². The molecule has 8 nitrogen and oxygen atoms in total. The first-order chi connectivity index (χ1) is 16.2. The number of pyridine rings is 1. The van der Waals surface area contributed by atoms with E-state index in [-0.39, 0.29) is 11.3 Å². The highest BCUT2D eigenvalue weighted by Crippen LogP contribution is 2.39. The van der Waals surface area contributed by atoms with Crippen molar-refractivity contribution < 1.29 is 27.5 Å². The highest BCUT2D eigenvalue weighted by molar-refractivity contribution is 6.01. The van der Waals surface area contributed by atoms with Crippen molar-refractivity contribution in [2.24, 2.45) is 0 Å². The topological polar surface area (TPSA) is 79.0 Å². The molecule has 1 aliphatic rings. The van der Waals surface area contributed by atoms with E-state index >= 15 is 0 Å². The fourth-order valence-corrected chi connectivity index (χ4v) is 3.59. The Bertz CT molecular complexity index is 981.